The van der Waals surface area contributed by atoms with Crippen molar-refractivity contribution >= 4 is 17.2 Å². The Bertz CT molecular complexity index is 580. The molecule has 1 N–H and O–H groups in total. The number of carbonyl (C=O) groups excluding carboxylic acids is 1. The van der Waals surface area contributed by atoms with Crippen molar-refractivity contribution < 1.29 is 9.18 Å². The molecule has 2 aromatic rings. The Morgan fingerprint density at radius 3 is 2.89 bits per heavy atom. The van der Waals surface area contributed by atoms with Crippen LogP contribution in [0.4, 0.5) is 4.39 Å². The van der Waals surface area contributed by atoms with Gasteiger partial charge < -0.3 is 5.32 Å². The van der Waals surface area contributed by atoms with Gasteiger partial charge in [0.1, 0.15) is 10.8 Å². The van der Waals surface area contributed by atoms with Gasteiger partial charge in [0.05, 0.1) is 12.2 Å². The fraction of sp³-hybridized carbons (Fsp3) is 0.286. The van der Waals surface area contributed by atoms with E-state index in [0.717, 1.165) is 10.7 Å². The Morgan fingerprint density at radius 2 is 2.26 bits per heavy atom. The number of carbonyl (C=O) groups is 1. The van der Waals surface area contributed by atoms with Crippen LogP contribution in [0, 0.1) is 5.82 Å². The third kappa shape index (κ3) is 3.61. The van der Waals surface area contributed by atoms with Crippen LogP contribution in [0.15, 0.2) is 29.6 Å². The first-order chi connectivity index (χ1) is 9.06. The highest BCUT2D eigenvalue weighted by Crippen LogP contribution is 2.17. The maximum Gasteiger partial charge on any atom is 0.251 e. The molecule has 1 heterocycles. The molecule has 0 fully saturated rings. The Labute approximate surface area is 115 Å². The zero-order chi connectivity index (χ0) is 13.8. The molecular weight excluding hydrogens is 263 g/mol. The molecule has 0 saturated carbocycles. The average molecular weight is 278 g/mol. The normalized spacial score (nSPS) is 10.7. The second-order valence-electron chi connectivity index (χ2n) is 4.51. The second kappa shape index (κ2) is 5.93. The average Bonchev–Trinajstić information content (AvgIpc) is 2.85. The largest absolute Gasteiger partial charge is 0.346 e. The zero-order valence-electron chi connectivity index (χ0n) is 10.8. The number of amides is 1. The van der Waals surface area contributed by atoms with E-state index in [0.29, 0.717) is 18.0 Å². The van der Waals surface area contributed by atoms with Gasteiger partial charge in [0.2, 0.25) is 0 Å². The van der Waals surface area contributed by atoms with Crippen LogP contribution >= 0.6 is 11.3 Å². The molecule has 0 saturated heterocycles. The van der Waals surface area contributed by atoms with Gasteiger partial charge in [0.15, 0.2) is 0 Å². The van der Waals surface area contributed by atoms with Gasteiger partial charge >= 0.3 is 0 Å². The van der Waals surface area contributed by atoms with E-state index in [1.165, 1.54) is 29.5 Å². The van der Waals surface area contributed by atoms with E-state index in [-0.39, 0.29) is 5.91 Å². The monoisotopic (exact) mass is 278 g/mol. The van der Waals surface area contributed by atoms with Crippen LogP contribution in [0.1, 0.15) is 40.8 Å². The lowest BCUT2D eigenvalue weighted by molar-refractivity contribution is 0.0950. The maximum absolute atomic E-state index is 13.0. The van der Waals surface area contributed by atoms with Crippen molar-refractivity contribution in [3.8, 4) is 0 Å². The molecule has 0 aliphatic heterocycles. The Kier molecular flexibility index (Phi) is 4.27. The highest BCUT2D eigenvalue weighted by Gasteiger charge is 2.09. The van der Waals surface area contributed by atoms with Gasteiger partial charge in [-0.25, -0.2) is 9.37 Å². The van der Waals surface area contributed by atoms with E-state index >= 15 is 0 Å². The first-order valence-electron chi connectivity index (χ1n) is 6.04. The Hall–Kier alpha value is -1.75. The molecule has 1 aromatic carbocycles. The first-order valence-corrected chi connectivity index (χ1v) is 6.92. The number of nitrogens with zero attached hydrogens (tertiary/aromatic N) is 1. The summed E-state index contributed by atoms with van der Waals surface area (Å²) >= 11 is 1.52. The van der Waals surface area contributed by atoms with Crippen LogP contribution in [0.2, 0.25) is 0 Å². The van der Waals surface area contributed by atoms with Crippen molar-refractivity contribution in [1.82, 2.24) is 10.3 Å². The predicted molar refractivity (Wildman–Crippen MR) is 73.8 cm³/mol. The van der Waals surface area contributed by atoms with E-state index in [2.05, 4.69) is 24.1 Å². The SMILES string of the molecule is CC(C)c1csc(CNC(=O)c2cccc(F)c2)n1. The summed E-state index contributed by atoms with van der Waals surface area (Å²) in [7, 11) is 0. The van der Waals surface area contributed by atoms with Crippen LogP contribution in [0.25, 0.3) is 0 Å². The van der Waals surface area contributed by atoms with E-state index in [1.807, 2.05) is 5.38 Å². The van der Waals surface area contributed by atoms with Gasteiger partial charge in [-0.1, -0.05) is 19.9 Å². The first kappa shape index (κ1) is 13.7. The molecule has 0 aliphatic carbocycles. The number of halogens is 1. The number of rotatable bonds is 4. The molecule has 1 amide bonds. The molecule has 0 unspecified atom stereocenters. The lowest BCUT2D eigenvalue weighted by Gasteiger charge is -2.03. The Balaban J connectivity index is 1.96. The van der Waals surface area contributed by atoms with Crippen molar-refractivity contribution in [2.24, 2.45) is 0 Å². The van der Waals surface area contributed by atoms with E-state index in [4.69, 9.17) is 0 Å². The topological polar surface area (TPSA) is 42.0 Å². The van der Waals surface area contributed by atoms with Crippen molar-refractivity contribution in [3.63, 3.8) is 0 Å². The molecule has 100 valence electrons. The van der Waals surface area contributed by atoms with Crippen molar-refractivity contribution in [2.45, 2.75) is 26.3 Å². The molecule has 0 atom stereocenters. The van der Waals surface area contributed by atoms with Crippen molar-refractivity contribution in [2.75, 3.05) is 0 Å². The summed E-state index contributed by atoms with van der Waals surface area (Å²) in [5.41, 5.74) is 1.35. The molecule has 0 radical (unpaired) electrons. The van der Waals surface area contributed by atoms with Gasteiger partial charge in [-0.2, -0.15) is 0 Å². The lowest BCUT2D eigenvalue weighted by atomic mass is 10.2. The molecule has 2 rings (SSSR count). The summed E-state index contributed by atoms with van der Waals surface area (Å²) in [4.78, 5) is 16.2. The zero-order valence-corrected chi connectivity index (χ0v) is 11.6. The number of nitrogens with one attached hydrogen (secondary N) is 1. The fourth-order valence-corrected chi connectivity index (χ4v) is 2.45. The van der Waals surface area contributed by atoms with Crippen molar-refractivity contribution in [3.05, 3.63) is 51.7 Å². The van der Waals surface area contributed by atoms with Crippen LogP contribution in [0.5, 0.6) is 0 Å². The lowest BCUT2D eigenvalue weighted by Crippen LogP contribution is -2.22. The number of hydrogen-bond acceptors (Lipinski definition) is 3. The third-order valence-corrected chi connectivity index (χ3v) is 3.52. The van der Waals surface area contributed by atoms with Crippen LogP contribution in [0.3, 0.4) is 0 Å². The molecular formula is C14H15FN2OS. The minimum absolute atomic E-state index is 0.291. The Morgan fingerprint density at radius 1 is 1.47 bits per heavy atom. The van der Waals surface area contributed by atoms with Crippen molar-refractivity contribution in [1.29, 1.82) is 0 Å². The highest BCUT2D eigenvalue weighted by molar-refractivity contribution is 7.09. The quantitative estimate of drug-likeness (QED) is 0.932. The summed E-state index contributed by atoms with van der Waals surface area (Å²) in [5.74, 6) is -0.325. The second-order valence-corrected chi connectivity index (χ2v) is 5.46. The van der Waals surface area contributed by atoms with Gasteiger partial charge in [-0.15, -0.1) is 11.3 Å². The summed E-state index contributed by atoms with van der Waals surface area (Å²) < 4.78 is 13.0. The summed E-state index contributed by atoms with van der Waals surface area (Å²) in [6, 6.07) is 5.63. The summed E-state index contributed by atoms with van der Waals surface area (Å²) in [6.45, 7) is 4.51. The minimum atomic E-state index is -0.413. The number of hydrogen-bond donors (Lipinski definition) is 1. The van der Waals surface area contributed by atoms with E-state index < -0.39 is 5.82 Å². The minimum Gasteiger partial charge on any atom is -0.346 e. The fourth-order valence-electron chi connectivity index (χ4n) is 1.56. The van der Waals surface area contributed by atoms with Gasteiger partial charge in [0, 0.05) is 10.9 Å². The van der Waals surface area contributed by atoms with Crippen LogP contribution in [-0.2, 0) is 6.54 Å². The van der Waals surface area contributed by atoms with E-state index in [1.54, 1.807) is 6.07 Å². The van der Waals surface area contributed by atoms with Crippen LogP contribution < -0.4 is 5.32 Å². The smallest absolute Gasteiger partial charge is 0.251 e. The number of benzene rings is 1. The number of thiazole rings is 1. The highest BCUT2D eigenvalue weighted by atomic mass is 32.1. The molecule has 0 aliphatic rings. The third-order valence-electron chi connectivity index (χ3n) is 2.65. The standard InChI is InChI=1S/C14H15FN2OS/c1-9(2)12-8-19-13(17-12)7-16-14(18)10-4-3-5-11(15)6-10/h3-6,8-9H,7H2,1-2H3,(H,16,18). The van der Waals surface area contributed by atoms with Gasteiger partial charge in [-0.05, 0) is 24.1 Å². The molecule has 0 bridgehead atoms. The van der Waals surface area contributed by atoms with Crippen LogP contribution in [-0.4, -0.2) is 10.9 Å². The maximum atomic E-state index is 13.0. The summed E-state index contributed by atoms with van der Waals surface area (Å²) in [6.07, 6.45) is 0. The molecule has 19 heavy (non-hydrogen) atoms. The van der Waals surface area contributed by atoms with E-state index in [9.17, 15) is 9.18 Å². The predicted octanol–water partition coefficient (Wildman–Crippen LogP) is 3.34. The van der Waals surface area contributed by atoms with Gasteiger partial charge in [0.25, 0.3) is 5.91 Å². The molecule has 3 nitrogen and oxygen atoms in total. The summed E-state index contributed by atoms with van der Waals surface area (Å²) in [5, 5.41) is 5.59. The number of aromatic nitrogens is 1. The molecule has 0 spiro atoms. The molecule has 1 aromatic heterocycles. The molecule has 5 heteroatoms. The van der Waals surface area contributed by atoms with Gasteiger partial charge in [-0.3, -0.25) is 4.79 Å².